The molecule has 1 aliphatic carbocycles. The number of hydrogen-bond acceptors (Lipinski definition) is 4. The zero-order chi connectivity index (χ0) is 14.5. The van der Waals surface area contributed by atoms with Gasteiger partial charge in [-0.15, -0.1) is 11.3 Å². The first-order valence-electron chi connectivity index (χ1n) is 7.03. The molecule has 0 bridgehead atoms. The first kappa shape index (κ1) is 15.0. The number of thiazole rings is 1. The van der Waals surface area contributed by atoms with Crippen LogP contribution in [0, 0.1) is 11.8 Å². The Labute approximate surface area is 122 Å². The maximum Gasteiger partial charge on any atom is 0.355 e. The molecule has 0 unspecified atom stereocenters. The molecule has 0 aromatic carbocycles. The molecule has 6 heteroatoms. The number of carboxylic acid groups (broad SMARTS) is 1. The van der Waals surface area contributed by atoms with Gasteiger partial charge in [0.2, 0.25) is 0 Å². The quantitative estimate of drug-likeness (QED) is 0.875. The molecule has 0 saturated heterocycles. The number of aromatic carboxylic acids is 1. The third-order valence-corrected chi connectivity index (χ3v) is 4.73. The van der Waals surface area contributed by atoms with Crippen LogP contribution in [-0.4, -0.2) is 28.5 Å². The Morgan fingerprint density at radius 1 is 1.40 bits per heavy atom. The van der Waals surface area contributed by atoms with E-state index < -0.39 is 5.97 Å². The molecule has 1 amide bonds. The Morgan fingerprint density at radius 3 is 2.70 bits per heavy atom. The highest BCUT2D eigenvalue weighted by Gasteiger charge is 2.19. The second kappa shape index (κ2) is 6.83. The molecule has 0 spiro atoms. The summed E-state index contributed by atoms with van der Waals surface area (Å²) in [5, 5.41) is 13.2. The van der Waals surface area contributed by atoms with Gasteiger partial charge < -0.3 is 10.4 Å². The number of carbonyl (C=O) groups is 2. The average molecular weight is 296 g/mol. The van der Waals surface area contributed by atoms with Crippen LogP contribution < -0.4 is 5.32 Å². The summed E-state index contributed by atoms with van der Waals surface area (Å²) in [6, 6.07) is 0. The van der Waals surface area contributed by atoms with Gasteiger partial charge in [-0.1, -0.05) is 32.6 Å². The van der Waals surface area contributed by atoms with Crippen molar-refractivity contribution in [2.24, 2.45) is 11.8 Å². The summed E-state index contributed by atoms with van der Waals surface area (Å²) in [5.41, 5.74) is -0.0681. The molecule has 20 heavy (non-hydrogen) atoms. The fourth-order valence-corrected chi connectivity index (χ4v) is 3.27. The number of rotatable bonds is 5. The lowest BCUT2D eigenvalue weighted by atomic mass is 9.81. The summed E-state index contributed by atoms with van der Waals surface area (Å²) in [7, 11) is 0. The third kappa shape index (κ3) is 4.03. The highest BCUT2D eigenvalue weighted by Crippen LogP contribution is 2.29. The van der Waals surface area contributed by atoms with E-state index in [4.69, 9.17) is 5.11 Å². The van der Waals surface area contributed by atoms with Crippen molar-refractivity contribution in [1.82, 2.24) is 10.3 Å². The van der Waals surface area contributed by atoms with Gasteiger partial charge in [-0.3, -0.25) is 4.79 Å². The molecule has 2 N–H and O–H groups in total. The molecule has 1 aromatic rings. The summed E-state index contributed by atoms with van der Waals surface area (Å²) in [5.74, 6) is 0.172. The third-order valence-electron chi connectivity index (χ3n) is 3.89. The van der Waals surface area contributed by atoms with Gasteiger partial charge in [0.15, 0.2) is 10.7 Å². The largest absolute Gasteiger partial charge is 0.476 e. The number of aromatic nitrogens is 1. The number of carbonyl (C=O) groups excluding carboxylic acids is 1. The van der Waals surface area contributed by atoms with Crippen LogP contribution in [0.3, 0.4) is 0 Å². The van der Waals surface area contributed by atoms with Gasteiger partial charge >= 0.3 is 5.97 Å². The number of nitrogens with zero attached hydrogens (tertiary/aromatic N) is 1. The highest BCUT2D eigenvalue weighted by molar-refractivity contribution is 7.11. The molecule has 1 heterocycles. The predicted molar refractivity (Wildman–Crippen MR) is 77.1 cm³/mol. The Balaban J connectivity index is 1.73. The van der Waals surface area contributed by atoms with Crippen molar-refractivity contribution >= 4 is 23.2 Å². The van der Waals surface area contributed by atoms with Gasteiger partial charge in [0.05, 0.1) is 0 Å². The van der Waals surface area contributed by atoms with E-state index in [2.05, 4.69) is 17.2 Å². The van der Waals surface area contributed by atoms with Crippen LogP contribution in [0.2, 0.25) is 0 Å². The van der Waals surface area contributed by atoms with Crippen molar-refractivity contribution in [3.05, 3.63) is 16.1 Å². The van der Waals surface area contributed by atoms with Gasteiger partial charge in [-0.2, -0.15) is 0 Å². The first-order chi connectivity index (χ1) is 9.56. The minimum atomic E-state index is -1.10. The second-order valence-corrected chi connectivity index (χ2v) is 6.37. The minimum absolute atomic E-state index is 0.0681. The lowest BCUT2D eigenvalue weighted by molar-refractivity contribution is 0.0691. The van der Waals surface area contributed by atoms with Crippen molar-refractivity contribution in [1.29, 1.82) is 0 Å². The van der Waals surface area contributed by atoms with Crippen LogP contribution in [0.1, 0.15) is 59.3 Å². The monoisotopic (exact) mass is 296 g/mol. The molecule has 1 aliphatic rings. The zero-order valence-corrected chi connectivity index (χ0v) is 12.4. The van der Waals surface area contributed by atoms with E-state index in [9.17, 15) is 9.59 Å². The summed E-state index contributed by atoms with van der Waals surface area (Å²) in [6.45, 7) is 2.93. The maximum absolute atomic E-state index is 11.8. The maximum atomic E-state index is 11.8. The highest BCUT2D eigenvalue weighted by atomic mass is 32.1. The van der Waals surface area contributed by atoms with E-state index in [1.54, 1.807) is 0 Å². The minimum Gasteiger partial charge on any atom is -0.476 e. The number of carboxylic acids is 1. The topological polar surface area (TPSA) is 79.3 Å². The summed E-state index contributed by atoms with van der Waals surface area (Å²) >= 11 is 1.07. The first-order valence-corrected chi connectivity index (χ1v) is 7.91. The van der Waals surface area contributed by atoms with Gasteiger partial charge in [0.25, 0.3) is 5.91 Å². The van der Waals surface area contributed by atoms with E-state index in [0.29, 0.717) is 12.5 Å². The molecule has 0 radical (unpaired) electrons. The Morgan fingerprint density at radius 2 is 2.10 bits per heavy atom. The van der Waals surface area contributed by atoms with Gasteiger partial charge in [0, 0.05) is 11.9 Å². The lowest BCUT2D eigenvalue weighted by Crippen LogP contribution is -2.27. The zero-order valence-electron chi connectivity index (χ0n) is 11.6. The van der Waals surface area contributed by atoms with E-state index in [1.165, 1.54) is 31.1 Å². The summed E-state index contributed by atoms with van der Waals surface area (Å²) < 4.78 is 0. The molecule has 1 saturated carbocycles. The van der Waals surface area contributed by atoms with Crippen LogP contribution in [-0.2, 0) is 0 Å². The van der Waals surface area contributed by atoms with Crippen LogP contribution in [0.5, 0.6) is 0 Å². The molecular formula is C14H20N2O3S. The summed E-state index contributed by atoms with van der Waals surface area (Å²) in [6.07, 6.45) is 6.06. The van der Waals surface area contributed by atoms with Crippen molar-refractivity contribution in [2.45, 2.75) is 39.0 Å². The SMILES string of the molecule is CC1CCC(CCNC(=O)c2nc(C(=O)O)cs2)CC1. The fourth-order valence-electron chi connectivity index (χ4n) is 2.56. The molecule has 110 valence electrons. The Bertz CT molecular complexity index is 479. The van der Waals surface area contributed by atoms with E-state index >= 15 is 0 Å². The van der Waals surface area contributed by atoms with E-state index in [-0.39, 0.29) is 16.6 Å². The van der Waals surface area contributed by atoms with Gasteiger partial charge in [-0.05, 0) is 18.3 Å². The molecule has 0 atom stereocenters. The molecule has 0 aliphatic heterocycles. The summed E-state index contributed by atoms with van der Waals surface area (Å²) in [4.78, 5) is 26.3. The van der Waals surface area contributed by atoms with Crippen molar-refractivity contribution in [2.75, 3.05) is 6.54 Å². The number of nitrogens with one attached hydrogen (secondary N) is 1. The fraction of sp³-hybridized carbons (Fsp3) is 0.643. The second-order valence-electron chi connectivity index (χ2n) is 5.51. The van der Waals surface area contributed by atoms with Crippen molar-refractivity contribution < 1.29 is 14.7 Å². The van der Waals surface area contributed by atoms with Crippen LogP contribution in [0.15, 0.2) is 5.38 Å². The smallest absolute Gasteiger partial charge is 0.355 e. The molecule has 5 nitrogen and oxygen atoms in total. The van der Waals surface area contributed by atoms with Crippen LogP contribution in [0.25, 0.3) is 0 Å². The lowest BCUT2D eigenvalue weighted by Gasteiger charge is -2.25. The van der Waals surface area contributed by atoms with Gasteiger partial charge in [-0.25, -0.2) is 9.78 Å². The average Bonchev–Trinajstić information content (AvgIpc) is 2.91. The molecule has 1 aromatic heterocycles. The standard InChI is InChI=1S/C14H20N2O3S/c1-9-2-4-10(5-3-9)6-7-15-12(17)13-16-11(8-20-13)14(18)19/h8-10H,2-7H2,1H3,(H,15,17)(H,18,19). The van der Waals surface area contributed by atoms with Crippen LogP contribution >= 0.6 is 11.3 Å². The van der Waals surface area contributed by atoms with E-state index in [1.807, 2.05) is 0 Å². The molecular weight excluding hydrogens is 276 g/mol. The normalized spacial score (nSPS) is 22.4. The van der Waals surface area contributed by atoms with Crippen molar-refractivity contribution in [3.63, 3.8) is 0 Å². The van der Waals surface area contributed by atoms with Crippen LogP contribution in [0.4, 0.5) is 0 Å². The predicted octanol–water partition coefficient (Wildman–Crippen LogP) is 2.79. The molecule has 1 fully saturated rings. The molecule has 2 rings (SSSR count). The Kier molecular flexibility index (Phi) is 5.11. The van der Waals surface area contributed by atoms with Gasteiger partial charge in [0.1, 0.15) is 0 Å². The number of hydrogen-bond donors (Lipinski definition) is 2. The van der Waals surface area contributed by atoms with Crippen molar-refractivity contribution in [3.8, 4) is 0 Å². The Hall–Kier alpha value is -1.43. The van der Waals surface area contributed by atoms with E-state index in [0.717, 1.165) is 23.7 Å². The number of amides is 1.